The van der Waals surface area contributed by atoms with Gasteiger partial charge in [-0.2, -0.15) is 0 Å². The van der Waals surface area contributed by atoms with Gasteiger partial charge in [-0.25, -0.2) is 4.98 Å². The molecule has 92 valence electrons. The monoisotopic (exact) mass is 273 g/mol. The zero-order chi connectivity index (χ0) is 12.4. The van der Waals surface area contributed by atoms with Crippen LogP contribution in [0.25, 0.3) is 0 Å². The zero-order valence-electron chi connectivity index (χ0n) is 9.06. The minimum Gasteiger partial charge on any atom is -0.384 e. The van der Waals surface area contributed by atoms with E-state index in [2.05, 4.69) is 4.98 Å². The van der Waals surface area contributed by atoms with Gasteiger partial charge in [-0.15, -0.1) is 0 Å². The van der Waals surface area contributed by atoms with E-state index >= 15 is 0 Å². The number of nitrogens with zero attached hydrogens (tertiary/aromatic N) is 2. The number of pyridine rings is 1. The summed E-state index contributed by atoms with van der Waals surface area (Å²) in [4.78, 5) is 17.6. The number of amides is 1. The van der Waals surface area contributed by atoms with Crippen molar-refractivity contribution in [3.05, 3.63) is 22.8 Å². The number of nitrogens with two attached hydrogens (primary N) is 1. The quantitative estimate of drug-likeness (QED) is 0.809. The number of rotatable bonds is 1. The average Bonchev–Trinajstić information content (AvgIpc) is 2.32. The lowest BCUT2D eigenvalue weighted by Gasteiger charge is -2.26. The molecule has 1 aliphatic heterocycles. The fourth-order valence-corrected chi connectivity index (χ4v) is 2.87. The van der Waals surface area contributed by atoms with Gasteiger partial charge < -0.3 is 10.6 Å². The molecule has 1 aromatic rings. The number of halogens is 1. The van der Waals surface area contributed by atoms with Crippen molar-refractivity contribution in [3.8, 4) is 0 Å². The van der Waals surface area contributed by atoms with Crippen molar-refractivity contribution in [2.45, 2.75) is 0 Å². The summed E-state index contributed by atoms with van der Waals surface area (Å²) in [6, 6.07) is 1.47. The van der Waals surface area contributed by atoms with Crippen LogP contribution in [0.1, 0.15) is 10.4 Å². The molecule has 1 aliphatic rings. The summed E-state index contributed by atoms with van der Waals surface area (Å²) in [6.07, 6.45) is 1.37. The summed E-state index contributed by atoms with van der Waals surface area (Å²) in [5.41, 5.74) is 5.88. The number of carbonyl (C=O) groups is 1. The van der Waals surface area contributed by atoms with E-state index in [9.17, 15) is 9.00 Å². The first-order valence-electron chi connectivity index (χ1n) is 5.13. The second-order valence-electron chi connectivity index (χ2n) is 3.73. The highest BCUT2D eigenvalue weighted by molar-refractivity contribution is 7.85. The number of hydrogen-bond donors (Lipinski definition) is 1. The highest BCUT2D eigenvalue weighted by Crippen LogP contribution is 2.19. The molecule has 0 aliphatic carbocycles. The van der Waals surface area contributed by atoms with Crippen LogP contribution < -0.4 is 5.73 Å². The largest absolute Gasteiger partial charge is 0.384 e. The maximum atomic E-state index is 12.1. The van der Waals surface area contributed by atoms with E-state index < -0.39 is 10.8 Å². The Kier molecular flexibility index (Phi) is 3.63. The third-order valence-electron chi connectivity index (χ3n) is 2.57. The van der Waals surface area contributed by atoms with E-state index in [1.807, 2.05) is 0 Å². The van der Waals surface area contributed by atoms with Crippen LogP contribution in [0.4, 0.5) is 5.82 Å². The maximum Gasteiger partial charge on any atom is 0.255 e. The molecule has 0 aromatic carbocycles. The highest BCUT2D eigenvalue weighted by atomic mass is 35.5. The predicted molar refractivity (Wildman–Crippen MR) is 67.4 cm³/mol. The lowest BCUT2D eigenvalue weighted by Crippen LogP contribution is -2.41. The molecule has 0 radical (unpaired) electrons. The van der Waals surface area contributed by atoms with E-state index in [1.54, 1.807) is 4.90 Å². The molecule has 1 amide bonds. The van der Waals surface area contributed by atoms with E-state index in [-0.39, 0.29) is 16.7 Å². The van der Waals surface area contributed by atoms with Crippen molar-refractivity contribution in [1.82, 2.24) is 9.88 Å². The molecule has 5 nitrogen and oxygen atoms in total. The number of carbonyl (C=O) groups excluding carboxylic acids is 1. The van der Waals surface area contributed by atoms with Gasteiger partial charge in [0.15, 0.2) is 0 Å². The van der Waals surface area contributed by atoms with Gasteiger partial charge in [0, 0.05) is 41.6 Å². The zero-order valence-corrected chi connectivity index (χ0v) is 10.6. The van der Waals surface area contributed by atoms with Crippen LogP contribution in [-0.4, -0.2) is 44.6 Å². The van der Waals surface area contributed by atoms with Gasteiger partial charge in [0.05, 0.1) is 10.6 Å². The van der Waals surface area contributed by atoms with E-state index in [0.29, 0.717) is 30.2 Å². The highest BCUT2D eigenvalue weighted by Gasteiger charge is 2.23. The second kappa shape index (κ2) is 5.01. The van der Waals surface area contributed by atoms with E-state index in [4.69, 9.17) is 17.3 Å². The van der Waals surface area contributed by atoms with E-state index in [1.165, 1.54) is 12.3 Å². The first kappa shape index (κ1) is 12.3. The van der Waals surface area contributed by atoms with Crippen LogP contribution in [-0.2, 0) is 10.8 Å². The topological polar surface area (TPSA) is 76.3 Å². The van der Waals surface area contributed by atoms with Crippen LogP contribution in [0.15, 0.2) is 12.3 Å². The molecule has 7 heteroatoms. The molecule has 0 unspecified atom stereocenters. The molecule has 2 N–H and O–H groups in total. The molecule has 0 spiro atoms. The number of nitrogen functional groups attached to an aromatic ring is 1. The fourth-order valence-electron chi connectivity index (χ4n) is 1.63. The molecular formula is C10H12ClN3O2S. The fraction of sp³-hybridized carbons (Fsp3) is 0.400. The van der Waals surface area contributed by atoms with Crippen LogP contribution >= 0.6 is 11.6 Å². The molecule has 0 saturated carbocycles. The van der Waals surface area contributed by atoms with E-state index in [0.717, 1.165) is 0 Å². The Balaban J connectivity index is 2.19. The molecule has 17 heavy (non-hydrogen) atoms. The van der Waals surface area contributed by atoms with Crippen molar-refractivity contribution in [2.24, 2.45) is 0 Å². The van der Waals surface area contributed by atoms with Gasteiger partial charge >= 0.3 is 0 Å². The number of hydrogen-bond acceptors (Lipinski definition) is 4. The predicted octanol–water partition coefficient (Wildman–Crippen LogP) is 0.522. The summed E-state index contributed by atoms with van der Waals surface area (Å²) in [5, 5.41) is 0.288. The van der Waals surface area contributed by atoms with Crippen molar-refractivity contribution in [3.63, 3.8) is 0 Å². The van der Waals surface area contributed by atoms with Crippen LogP contribution in [0, 0.1) is 0 Å². The Labute approximate surface area is 106 Å². The second-order valence-corrected chi connectivity index (χ2v) is 5.83. The first-order chi connectivity index (χ1) is 8.08. The minimum absolute atomic E-state index is 0.180. The van der Waals surface area contributed by atoms with Gasteiger partial charge in [-0.1, -0.05) is 11.6 Å². The molecule has 0 bridgehead atoms. The number of anilines is 1. The summed E-state index contributed by atoms with van der Waals surface area (Å²) in [5.74, 6) is 1.12. The van der Waals surface area contributed by atoms with Gasteiger partial charge in [-0.3, -0.25) is 9.00 Å². The van der Waals surface area contributed by atoms with Gasteiger partial charge in [0.25, 0.3) is 5.91 Å². The Bertz CT molecular complexity index is 471. The summed E-state index contributed by atoms with van der Waals surface area (Å²) in [6.45, 7) is 0.980. The Morgan fingerprint density at radius 2 is 2.12 bits per heavy atom. The van der Waals surface area contributed by atoms with Gasteiger partial charge in [0.1, 0.15) is 5.82 Å². The maximum absolute atomic E-state index is 12.1. The molecule has 0 atom stereocenters. The molecule has 1 aromatic heterocycles. The summed E-state index contributed by atoms with van der Waals surface area (Å²) in [7, 11) is -0.807. The third-order valence-corrected chi connectivity index (χ3v) is 4.15. The summed E-state index contributed by atoms with van der Waals surface area (Å²) >= 11 is 5.91. The molecule has 2 heterocycles. The molecule has 1 saturated heterocycles. The minimum atomic E-state index is -0.807. The average molecular weight is 274 g/mol. The van der Waals surface area contributed by atoms with Crippen LogP contribution in [0.5, 0.6) is 0 Å². The van der Waals surface area contributed by atoms with Gasteiger partial charge in [-0.05, 0) is 6.07 Å². The Hall–Kier alpha value is -1.14. The number of aromatic nitrogens is 1. The first-order valence-corrected chi connectivity index (χ1v) is 7.00. The molecule has 1 fully saturated rings. The SMILES string of the molecule is Nc1cc(C(=O)N2CCS(=O)CC2)c(Cl)cn1. The smallest absolute Gasteiger partial charge is 0.255 e. The summed E-state index contributed by atoms with van der Waals surface area (Å²) < 4.78 is 11.2. The lowest BCUT2D eigenvalue weighted by molar-refractivity contribution is 0.0771. The Morgan fingerprint density at radius 1 is 1.47 bits per heavy atom. The van der Waals surface area contributed by atoms with Crippen LogP contribution in [0.2, 0.25) is 5.02 Å². The Morgan fingerprint density at radius 3 is 2.76 bits per heavy atom. The van der Waals surface area contributed by atoms with Crippen molar-refractivity contribution < 1.29 is 9.00 Å². The normalized spacial score (nSPS) is 17.1. The van der Waals surface area contributed by atoms with Gasteiger partial charge in [0.2, 0.25) is 0 Å². The molecular weight excluding hydrogens is 262 g/mol. The van der Waals surface area contributed by atoms with Crippen molar-refractivity contribution >= 4 is 34.1 Å². The standard InChI is InChI=1S/C10H12ClN3O2S/c11-8-6-13-9(12)5-7(8)10(15)14-1-3-17(16)4-2-14/h5-6H,1-4H2,(H2,12,13). The molecule has 2 rings (SSSR count). The van der Waals surface area contributed by atoms with Crippen molar-refractivity contribution in [1.29, 1.82) is 0 Å². The lowest BCUT2D eigenvalue weighted by atomic mass is 10.2. The third kappa shape index (κ3) is 2.76. The van der Waals surface area contributed by atoms with Crippen LogP contribution in [0.3, 0.4) is 0 Å². The van der Waals surface area contributed by atoms with Crippen molar-refractivity contribution in [2.75, 3.05) is 30.3 Å².